The van der Waals surface area contributed by atoms with Gasteiger partial charge in [0.1, 0.15) is 5.82 Å². The van der Waals surface area contributed by atoms with E-state index in [1.165, 1.54) is 17.8 Å². The van der Waals surface area contributed by atoms with Gasteiger partial charge in [-0.05, 0) is 30.2 Å². The van der Waals surface area contributed by atoms with Crippen LogP contribution in [0.1, 0.15) is 15.9 Å². The van der Waals surface area contributed by atoms with E-state index in [4.69, 9.17) is 5.73 Å². The Bertz CT molecular complexity index is 706. The Labute approximate surface area is 138 Å². The van der Waals surface area contributed by atoms with Crippen LogP contribution in [0.25, 0.3) is 0 Å². The number of nitrogens with two attached hydrogens (primary N) is 1. The third kappa shape index (κ3) is 5.10. The van der Waals surface area contributed by atoms with Gasteiger partial charge in [0.05, 0.1) is 11.3 Å². The van der Waals surface area contributed by atoms with E-state index in [1.807, 2.05) is 0 Å². The number of benzene rings is 2. The number of carbonyl (C=O) groups excluding carboxylic acids is 2. The summed E-state index contributed by atoms with van der Waals surface area (Å²) in [7, 11) is 0. The van der Waals surface area contributed by atoms with Crippen LogP contribution in [0.4, 0.5) is 4.39 Å². The van der Waals surface area contributed by atoms with Crippen LogP contribution < -0.4 is 11.1 Å². The number of thioether (sulfide) groups is 1. The van der Waals surface area contributed by atoms with E-state index in [1.54, 1.807) is 42.5 Å². The molecule has 0 bridgehead atoms. The van der Waals surface area contributed by atoms with Crippen LogP contribution in [0.2, 0.25) is 0 Å². The largest absolute Gasteiger partial charge is 0.369 e. The van der Waals surface area contributed by atoms with Crippen LogP contribution in [-0.4, -0.2) is 24.1 Å². The molecule has 2 aromatic carbocycles. The van der Waals surface area contributed by atoms with Gasteiger partial charge in [-0.25, -0.2) is 4.39 Å². The second kappa shape index (κ2) is 8.33. The molecule has 3 N–H and O–H groups in total. The molecule has 0 aliphatic rings. The summed E-state index contributed by atoms with van der Waals surface area (Å²) < 4.78 is 13.5. The fraction of sp³-hybridized carbons (Fsp3) is 0.176. The van der Waals surface area contributed by atoms with Gasteiger partial charge in [0.15, 0.2) is 0 Å². The highest BCUT2D eigenvalue weighted by atomic mass is 32.2. The molecule has 0 aromatic heterocycles. The highest BCUT2D eigenvalue weighted by Gasteiger charge is 2.12. The van der Waals surface area contributed by atoms with E-state index in [0.717, 1.165) is 0 Å². The fourth-order valence-corrected chi connectivity index (χ4v) is 2.82. The van der Waals surface area contributed by atoms with E-state index >= 15 is 0 Å². The van der Waals surface area contributed by atoms with Crippen LogP contribution >= 0.6 is 11.8 Å². The van der Waals surface area contributed by atoms with Crippen molar-refractivity contribution in [1.82, 2.24) is 5.32 Å². The van der Waals surface area contributed by atoms with E-state index in [-0.39, 0.29) is 17.5 Å². The number of amides is 2. The lowest BCUT2D eigenvalue weighted by molar-refractivity contribution is -0.115. The molecule has 0 aliphatic heterocycles. The molecule has 0 atom stereocenters. The lowest BCUT2D eigenvalue weighted by atomic mass is 10.1. The van der Waals surface area contributed by atoms with Crippen molar-refractivity contribution in [2.75, 3.05) is 12.3 Å². The van der Waals surface area contributed by atoms with Gasteiger partial charge in [-0.1, -0.05) is 30.3 Å². The normalized spacial score (nSPS) is 10.3. The van der Waals surface area contributed by atoms with Crippen molar-refractivity contribution in [2.24, 2.45) is 5.73 Å². The van der Waals surface area contributed by atoms with Gasteiger partial charge >= 0.3 is 0 Å². The third-order valence-electron chi connectivity index (χ3n) is 3.14. The average Bonchev–Trinajstić information content (AvgIpc) is 2.55. The molecule has 2 amide bonds. The molecule has 0 radical (unpaired) electrons. The number of nitrogens with one attached hydrogen (secondary N) is 1. The maximum Gasteiger partial charge on any atom is 0.252 e. The zero-order chi connectivity index (χ0) is 16.7. The molecule has 2 rings (SSSR count). The summed E-state index contributed by atoms with van der Waals surface area (Å²) in [6.07, 6.45) is 0.412. The SMILES string of the molecule is NC(=O)CSc1ccccc1C(=O)NCCc1ccccc1F. The number of hydrogen-bond donors (Lipinski definition) is 2. The van der Waals surface area contributed by atoms with Gasteiger partial charge < -0.3 is 11.1 Å². The number of carbonyl (C=O) groups is 2. The van der Waals surface area contributed by atoms with Gasteiger partial charge in [-0.2, -0.15) is 0 Å². The quantitative estimate of drug-likeness (QED) is 0.765. The summed E-state index contributed by atoms with van der Waals surface area (Å²) >= 11 is 1.22. The predicted molar refractivity (Wildman–Crippen MR) is 88.8 cm³/mol. The maximum absolute atomic E-state index is 13.5. The lowest BCUT2D eigenvalue weighted by Crippen LogP contribution is -2.26. The molecular weight excluding hydrogens is 315 g/mol. The monoisotopic (exact) mass is 332 g/mol. The zero-order valence-electron chi connectivity index (χ0n) is 12.4. The molecule has 0 saturated carbocycles. The first-order valence-electron chi connectivity index (χ1n) is 7.09. The third-order valence-corrected chi connectivity index (χ3v) is 4.24. The minimum atomic E-state index is -0.440. The highest BCUT2D eigenvalue weighted by Crippen LogP contribution is 2.22. The zero-order valence-corrected chi connectivity index (χ0v) is 13.2. The van der Waals surface area contributed by atoms with Crippen LogP contribution in [0, 0.1) is 5.82 Å². The van der Waals surface area contributed by atoms with Crippen LogP contribution in [0.5, 0.6) is 0 Å². The second-order valence-electron chi connectivity index (χ2n) is 4.85. The van der Waals surface area contributed by atoms with Gasteiger partial charge in [-0.3, -0.25) is 9.59 Å². The van der Waals surface area contributed by atoms with Gasteiger partial charge in [0.2, 0.25) is 5.91 Å². The van der Waals surface area contributed by atoms with Gasteiger partial charge in [0.25, 0.3) is 5.91 Å². The van der Waals surface area contributed by atoms with Crippen LogP contribution in [-0.2, 0) is 11.2 Å². The first-order valence-corrected chi connectivity index (χ1v) is 8.08. The highest BCUT2D eigenvalue weighted by molar-refractivity contribution is 8.00. The minimum absolute atomic E-state index is 0.111. The van der Waals surface area contributed by atoms with E-state index in [2.05, 4.69) is 5.32 Å². The van der Waals surface area contributed by atoms with Crippen molar-refractivity contribution < 1.29 is 14.0 Å². The van der Waals surface area contributed by atoms with Crippen molar-refractivity contribution in [2.45, 2.75) is 11.3 Å². The first-order chi connectivity index (χ1) is 11.1. The molecule has 0 saturated heterocycles. The maximum atomic E-state index is 13.5. The first kappa shape index (κ1) is 17.0. The molecule has 0 aliphatic carbocycles. The Morgan fingerprint density at radius 3 is 2.52 bits per heavy atom. The number of rotatable bonds is 7. The van der Waals surface area contributed by atoms with Gasteiger partial charge in [0, 0.05) is 11.4 Å². The average molecular weight is 332 g/mol. The summed E-state index contributed by atoms with van der Waals surface area (Å²) in [5.74, 6) is -0.864. The number of hydrogen-bond acceptors (Lipinski definition) is 3. The molecular formula is C17H17FN2O2S. The Kier molecular flexibility index (Phi) is 6.17. The molecule has 23 heavy (non-hydrogen) atoms. The van der Waals surface area contributed by atoms with Crippen molar-refractivity contribution >= 4 is 23.6 Å². The van der Waals surface area contributed by atoms with Gasteiger partial charge in [-0.15, -0.1) is 11.8 Å². The van der Waals surface area contributed by atoms with Crippen molar-refractivity contribution in [3.05, 3.63) is 65.5 Å². The molecule has 0 unspecified atom stereocenters. The summed E-state index contributed by atoms with van der Waals surface area (Å²) in [6.45, 7) is 0.328. The summed E-state index contributed by atoms with van der Waals surface area (Å²) in [4.78, 5) is 23.8. The smallest absolute Gasteiger partial charge is 0.252 e. The van der Waals surface area contributed by atoms with E-state index in [0.29, 0.717) is 29.0 Å². The molecule has 2 aromatic rings. The molecule has 120 valence electrons. The Hall–Kier alpha value is -2.34. The van der Waals surface area contributed by atoms with Crippen LogP contribution in [0.3, 0.4) is 0 Å². The Balaban J connectivity index is 1.95. The lowest BCUT2D eigenvalue weighted by Gasteiger charge is -2.09. The van der Waals surface area contributed by atoms with Crippen molar-refractivity contribution in [1.29, 1.82) is 0 Å². The Morgan fingerprint density at radius 2 is 1.78 bits per heavy atom. The predicted octanol–water partition coefficient (Wildman–Crippen LogP) is 2.38. The summed E-state index contributed by atoms with van der Waals surface area (Å²) in [5.41, 5.74) is 6.17. The standard InChI is InChI=1S/C17H17FN2O2S/c18-14-7-3-1-5-12(14)9-10-20-17(22)13-6-2-4-8-15(13)23-11-16(19)21/h1-8H,9-11H2,(H2,19,21)(H,20,22). The number of halogens is 1. The molecule has 6 heteroatoms. The molecule has 0 spiro atoms. The Morgan fingerprint density at radius 1 is 1.09 bits per heavy atom. The van der Waals surface area contributed by atoms with E-state index < -0.39 is 5.91 Å². The minimum Gasteiger partial charge on any atom is -0.369 e. The second-order valence-corrected chi connectivity index (χ2v) is 5.87. The topological polar surface area (TPSA) is 72.2 Å². The molecule has 0 fully saturated rings. The van der Waals surface area contributed by atoms with Crippen molar-refractivity contribution in [3.8, 4) is 0 Å². The van der Waals surface area contributed by atoms with Crippen molar-refractivity contribution in [3.63, 3.8) is 0 Å². The summed E-state index contributed by atoms with van der Waals surface area (Å²) in [6, 6.07) is 13.5. The van der Waals surface area contributed by atoms with Crippen LogP contribution in [0.15, 0.2) is 53.4 Å². The number of primary amides is 1. The molecule has 4 nitrogen and oxygen atoms in total. The summed E-state index contributed by atoms with van der Waals surface area (Å²) in [5, 5.41) is 2.77. The van der Waals surface area contributed by atoms with E-state index in [9.17, 15) is 14.0 Å². The molecule has 0 heterocycles. The fourth-order valence-electron chi connectivity index (χ4n) is 2.04.